The van der Waals surface area contributed by atoms with Crippen LogP contribution in [0.2, 0.25) is 0 Å². The number of sulfonamides is 1. The second-order valence-corrected chi connectivity index (χ2v) is 7.09. The fourth-order valence-electron chi connectivity index (χ4n) is 1.85. The minimum Gasteiger partial charge on any atom is -0.377 e. The molecule has 1 fully saturated rings. The van der Waals surface area contributed by atoms with Gasteiger partial charge in [0, 0.05) is 6.54 Å². The van der Waals surface area contributed by atoms with E-state index >= 15 is 0 Å². The van der Waals surface area contributed by atoms with E-state index < -0.39 is 10.0 Å². The van der Waals surface area contributed by atoms with Crippen molar-refractivity contribution in [1.29, 1.82) is 0 Å². The molecule has 7 heteroatoms. The molecule has 0 amide bonds. The Bertz CT molecular complexity index is 439. The van der Waals surface area contributed by atoms with Crippen molar-refractivity contribution in [1.82, 2.24) is 10.0 Å². The molecular weight excluding hydrogens is 272 g/mol. The molecule has 2 N–H and O–H groups in total. The largest absolute Gasteiger partial charge is 0.377 e. The van der Waals surface area contributed by atoms with Gasteiger partial charge in [0.05, 0.1) is 12.7 Å². The van der Waals surface area contributed by atoms with Gasteiger partial charge in [0.15, 0.2) is 0 Å². The maximum atomic E-state index is 11.8. The molecule has 1 aromatic heterocycles. The summed E-state index contributed by atoms with van der Waals surface area (Å²) < 4.78 is 32.1. The number of nitrogens with one attached hydrogen (secondary N) is 2. The molecule has 0 aromatic carbocycles. The van der Waals surface area contributed by atoms with Gasteiger partial charge in [0.25, 0.3) is 0 Å². The molecule has 1 aliphatic heterocycles. The van der Waals surface area contributed by atoms with Gasteiger partial charge >= 0.3 is 0 Å². The first-order valence-electron chi connectivity index (χ1n) is 6.04. The van der Waals surface area contributed by atoms with E-state index in [0.717, 1.165) is 25.9 Å². The summed E-state index contributed by atoms with van der Waals surface area (Å²) in [6.45, 7) is 2.70. The van der Waals surface area contributed by atoms with Crippen LogP contribution in [0, 0.1) is 0 Å². The third-order valence-corrected chi connectivity index (χ3v) is 5.65. The van der Waals surface area contributed by atoms with Gasteiger partial charge in [-0.3, -0.25) is 0 Å². The zero-order valence-corrected chi connectivity index (χ0v) is 11.7. The Labute approximate surface area is 112 Å². The topological polar surface area (TPSA) is 67.4 Å². The molecule has 1 aromatic rings. The standard InChI is InChI=1S/C11H18N2O3S2/c14-18(15,11-2-1-9-17-11)13-7-8-16-10-3-5-12-6-4-10/h1-2,9-10,12-13H,3-8H2. The first-order chi connectivity index (χ1) is 8.68. The SMILES string of the molecule is O=S(=O)(NCCOC1CCNCC1)c1cccs1. The summed E-state index contributed by atoms with van der Waals surface area (Å²) in [7, 11) is -3.34. The molecule has 0 radical (unpaired) electrons. The number of ether oxygens (including phenoxy) is 1. The Hall–Kier alpha value is -0.470. The first kappa shape index (κ1) is 14.0. The lowest BCUT2D eigenvalue weighted by Crippen LogP contribution is -2.34. The van der Waals surface area contributed by atoms with E-state index in [1.165, 1.54) is 11.3 Å². The normalized spacial score (nSPS) is 18.0. The molecule has 2 rings (SSSR count). The van der Waals surface area contributed by atoms with Crippen molar-refractivity contribution >= 4 is 21.4 Å². The monoisotopic (exact) mass is 290 g/mol. The van der Waals surface area contributed by atoms with Crippen LogP contribution in [0.4, 0.5) is 0 Å². The van der Waals surface area contributed by atoms with Crippen molar-refractivity contribution < 1.29 is 13.2 Å². The molecule has 0 unspecified atom stereocenters. The zero-order valence-electron chi connectivity index (χ0n) is 10.1. The molecule has 0 spiro atoms. The van der Waals surface area contributed by atoms with Crippen LogP contribution >= 0.6 is 11.3 Å². The molecule has 18 heavy (non-hydrogen) atoms. The van der Waals surface area contributed by atoms with E-state index in [1.807, 2.05) is 0 Å². The lowest BCUT2D eigenvalue weighted by molar-refractivity contribution is 0.0367. The smallest absolute Gasteiger partial charge is 0.250 e. The van der Waals surface area contributed by atoms with E-state index in [4.69, 9.17) is 4.74 Å². The highest BCUT2D eigenvalue weighted by molar-refractivity contribution is 7.91. The van der Waals surface area contributed by atoms with Crippen LogP contribution in [0.25, 0.3) is 0 Å². The van der Waals surface area contributed by atoms with E-state index in [2.05, 4.69) is 10.0 Å². The lowest BCUT2D eigenvalue weighted by Gasteiger charge is -2.22. The van der Waals surface area contributed by atoms with E-state index in [1.54, 1.807) is 17.5 Å². The molecule has 0 atom stereocenters. The minimum atomic E-state index is -3.34. The summed E-state index contributed by atoms with van der Waals surface area (Å²) in [6, 6.07) is 3.32. The first-order valence-corrected chi connectivity index (χ1v) is 8.40. The molecule has 0 saturated carbocycles. The van der Waals surface area contributed by atoms with Crippen LogP contribution in [0.5, 0.6) is 0 Å². The number of hydrogen-bond acceptors (Lipinski definition) is 5. The van der Waals surface area contributed by atoms with Gasteiger partial charge in [-0.05, 0) is 37.4 Å². The summed E-state index contributed by atoms with van der Waals surface area (Å²) in [4.78, 5) is 0. The predicted molar refractivity (Wildman–Crippen MR) is 71.4 cm³/mol. The van der Waals surface area contributed by atoms with E-state index in [-0.39, 0.29) is 6.10 Å². The van der Waals surface area contributed by atoms with Gasteiger partial charge in [0.1, 0.15) is 4.21 Å². The third kappa shape index (κ3) is 4.03. The van der Waals surface area contributed by atoms with Gasteiger partial charge in [-0.1, -0.05) is 6.07 Å². The van der Waals surface area contributed by atoms with Crippen LogP contribution in [0.1, 0.15) is 12.8 Å². The average molecular weight is 290 g/mol. The summed E-state index contributed by atoms with van der Waals surface area (Å²) in [6.07, 6.45) is 2.26. The number of piperidine rings is 1. The van der Waals surface area contributed by atoms with Crippen LogP contribution in [0.15, 0.2) is 21.7 Å². The van der Waals surface area contributed by atoms with Gasteiger partial charge in [-0.25, -0.2) is 13.1 Å². The van der Waals surface area contributed by atoms with Crippen molar-refractivity contribution in [3.63, 3.8) is 0 Å². The number of thiophene rings is 1. The third-order valence-electron chi connectivity index (χ3n) is 2.79. The Morgan fingerprint density at radius 2 is 2.22 bits per heavy atom. The Balaban J connectivity index is 1.69. The second kappa shape index (κ2) is 6.63. The van der Waals surface area contributed by atoms with Crippen molar-refractivity contribution in [3.8, 4) is 0 Å². The highest BCUT2D eigenvalue weighted by Gasteiger charge is 2.16. The highest BCUT2D eigenvalue weighted by atomic mass is 32.2. The van der Waals surface area contributed by atoms with E-state index in [9.17, 15) is 8.42 Å². The summed E-state index contributed by atoms with van der Waals surface area (Å²) in [5.41, 5.74) is 0. The summed E-state index contributed by atoms with van der Waals surface area (Å²) in [5.74, 6) is 0. The maximum Gasteiger partial charge on any atom is 0.250 e. The van der Waals surface area contributed by atoms with Crippen LogP contribution in [-0.4, -0.2) is 40.8 Å². The fourth-order valence-corrected chi connectivity index (χ4v) is 3.90. The molecule has 0 aliphatic carbocycles. The Morgan fingerprint density at radius 3 is 2.89 bits per heavy atom. The molecular formula is C11H18N2O3S2. The maximum absolute atomic E-state index is 11.8. The fraction of sp³-hybridized carbons (Fsp3) is 0.636. The quantitative estimate of drug-likeness (QED) is 0.760. The number of hydrogen-bond donors (Lipinski definition) is 2. The molecule has 0 bridgehead atoms. The van der Waals surface area contributed by atoms with Crippen molar-refractivity contribution in [2.75, 3.05) is 26.2 Å². The molecule has 1 saturated heterocycles. The van der Waals surface area contributed by atoms with Gasteiger partial charge in [0.2, 0.25) is 10.0 Å². The summed E-state index contributed by atoms with van der Waals surface area (Å²) in [5, 5.41) is 5.01. The van der Waals surface area contributed by atoms with Gasteiger partial charge in [-0.2, -0.15) is 0 Å². The Kier molecular flexibility index (Phi) is 5.13. The van der Waals surface area contributed by atoms with E-state index in [0.29, 0.717) is 17.4 Å². The van der Waals surface area contributed by atoms with Gasteiger partial charge < -0.3 is 10.1 Å². The lowest BCUT2D eigenvalue weighted by atomic mass is 10.1. The molecule has 5 nitrogen and oxygen atoms in total. The minimum absolute atomic E-state index is 0.262. The number of rotatable bonds is 6. The van der Waals surface area contributed by atoms with Crippen molar-refractivity contribution in [2.24, 2.45) is 0 Å². The second-order valence-electron chi connectivity index (χ2n) is 4.15. The highest BCUT2D eigenvalue weighted by Crippen LogP contribution is 2.15. The Morgan fingerprint density at radius 1 is 1.44 bits per heavy atom. The molecule has 2 heterocycles. The van der Waals surface area contributed by atoms with Crippen molar-refractivity contribution in [3.05, 3.63) is 17.5 Å². The van der Waals surface area contributed by atoms with Crippen molar-refractivity contribution in [2.45, 2.75) is 23.2 Å². The molecule has 1 aliphatic rings. The zero-order chi connectivity index (χ0) is 12.8. The van der Waals surface area contributed by atoms with Crippen LogP contribution in [0.3, 0.4) is 0 Å². The van der Waals surface area contributed by atoms with Gasteiger partial charge in [-0.15, -0.1) is 11.3 Å². The summed E-state index contributed by atoms with van der Waals surface area (Å²) >= 11 is 1.22. The van der Waals surface area contributed by atoms with Crippen LogP contribution in [-0.2, 0) is 14.8 Å². The average Bonchev–Trinajstić information content (AvgIpc) is 2.91. The van der Waals surface area contributed by atoms with Crippen LogP contribution < -0.4 is 10.0 Å². The predicted octanol–water partition coefficient (Wildman–Crippen LogP) is 0.795. The molecule has 102 valence electrons.